The van der Waals surface area contributed by atoms with E-state index in [2.05, 4.69) is 37.7 Å². The zero-order valence-electron chi connectivity index (χ0n) is 12.1. The Balaban J connectivity index is 2.44. The van der Waals surface area contributed by atoms with E-state index >= 15 is 0 Å². The molecule has 1 atom stereocenters. The highest BCUT2D eigenvalue weighted by Gasteiger charge is 2.26. The Morgan fingerprint density at radius 2 is 2.06 bits per heavy atom. The van der Waals surface area contributed by atoms with Gasteiger partial charge in [-0.15, -0.1) is 0 Å². The zero-order valence-corrected chi connectivity index (χ0v) is 12.9. The van der Waals surface area contributed by atoms with Gasteiger partial charge in [0.25, 0.3) is 0 Å². The fraction of sp³-hybridized carbons (Fsp3) is 1.00. The van der Waals surface area contributed by atoms with E-state index in [-0.39, 0.29) is 17.1 Å². The lowest BCUT2D eigenvalue weighted by Crippen LogP contribution is -2.41. The van der Waals surface area contributed by atoms with Gasteiger partial charge in [-0.25, -0.2) is 13.1 Å². The lowest BCUT2D eigenvalue weighted by Gasteiger charge is -2.30. The molecule has 1 saturated heterocycles. The first-order valence-corrected chi connectivity index (χ1v) is 8.56. The average molecular weight is 276 g/mol. The quantitative estimate of drug-likeness (QED) is 0.774. The van der Waals surface area contributed by atoms with Crippen LogP contribution in [-0.2, 0) is 10.0 Å². The van der Waals surface area contributed by atoms with Gasteiger partial charge in [-0.1, -0.05) is 27.7 Å². The molecule has 4 nitrogen and oxygen atoms in total. The summed E-state index contributed by atoms with van der Waals surface area (Å²) in [6.07, 6.45) is 2.10. The summed E-state index contributed by atoms with van der Waals surface area (Å²) in [7, 11) is -3.14. The van der Waals surface area contributed by atoms with Crippen molar-refractivity contribution in [3.05, 3.63) is 0 Å². The van der Waals surface area contributed by atoms with Crippen molar-refractivity contribution in [1.29, 1.82) is 0 Å². The summed E-state index contributed by atoms with van der Waals surface area (Å²) in [4.78, 5) is 0. The van der Waals surface area contributed by atoms with Gasteiger partial charge in [-0.05, 0) is 43.2 Å². The van der Waals surface area contributed by atoms with Crippen LogP contribution in [0.5, 0.6) is 0 Å². The molecule has 1 heterocycles. The van der Waals surface area contributed by atoms with Gasteiger partial charge in [0.1, 0.15) is 0 Å². The van der Waals surface area contributed by atoms with Crippen LogP contribution >= 0.6 is 0 Å². The summed E-state index contributed by atoms with van der Waals surface area (Å²) in [6, 6.07) is 0. The van der Waals surface area contributed by atoms with Crippen molar-refractivity contribution in [3.8, 4) is 0 Å². The largest absolute Gasteiger partial charge is 0.316 e. The second-order valence-corrected chi connectivity index (χ2v) is 8.31. The summed E-state index contributed by atoms with van der Waals surface area (Å²) in [5.41, 5.74) is -0.00210. The predicted octanol–water partition coefficient (Wildman–Crippen LogP) is 1.59. The molecule has 108 valence electrons. The zero-order chi connectivity index (χ0) is 13.8. The Bertz CT molecular complexity index is 344. The molecular weight excluding hydrogens is 248 g/mol. The lowest BCUT2D eigenvalue weighted by molar-refractivity contribution is 0.252. The van der Waals surface area contributed by atoms with Crippen LogP contribution in [0.4, 0.5) is 0 Å². The molecule has 0 spiro atoms. The van der Waals surface area contributed by atoms with E-state index in [0.29, 0.717) is 12.5 Å². The van der Waals surface area contributed by atoms with Crippen molar-refractivity contribution >= 4 is 10.0 Å². The molecule has 5 heteroatoms. The van der Waals surface area contributed by atoms with Crippen molar-refractivity contribution in [2.45, 2.75) is 40.5 Å². The summed E-state index contributed by atoms with van der Waals surface area (Å²) < 4.78 is 26.8. The molecule has 1 aliphatic heterocycles. The van der Waals surface area contributed by atoms with E-state index in [0.717, 1.165) is 25.9 Å². The minimum atomic E-state index is -3.14. The molecule has 0 radical (unpaired) electrons. The van der Waals surface area contributed by atoms with Crippen LogP contribution in [-0.4, -0.2) is 33.8 Å². The first-order chi connectivity index (χ1) is 8.23. The van der Waals surface area contributed by atoms with Crippen LogP contribution in [0.25, 0.3) is 0 Å². The van der Waals surface area contributed by atoms with E-state index in [4.69, 9.17) is 0 Å². The highest BCUT2D eigenvalue weighted by Crippen LogP contribution is 2.25. The number of rotatable bonds is 6. The third kappa shape index (κ3) is 5.24. The molecule has 0 saturated carbocycles. The summed E-state index contributed by atoms with van der Waals surface area (Å²) in [6.45, 7) is 10.8. The average Bonchev–Trinajstić information content (AvgIpc) is 2.27. The van der Waals surface area contributed by atoms with Crippen molar-refractivity contribution < 1.29 is 8.42 Å². The minimum absolute atomic E-state index is 0.00210. The summed E-state index contributed by atoms with van der Waals surface area (Å²) in [5, 5.41) is 3.26. The van der Waals surface area contributed by atoms with Crippen LogP contribution in [0, 0.1) is 17.3 Å². The Labute approximate surface area is 112 Å². The molecule has 0 amide bonds. The molecule has 1 unspecified atom stereocenters. The topological polar surface area (TPSA) is 58.2 Å². The molecule has 0 aromatic heterocycles. The predicted molar refractivity (Wildman–Crippen MR) is 76.0 cm³/mol. The van der Waals surface area contributed by atoms with Gasteiger partial charge in [0.15, 0.2) is 0 Å². The second kappa shape index (κ2) is 6.35. The van der Waals surface area contributed by atoms with E-state index in [1.807, 2.05) is 0 Å². The number of hydrogen-bond acceptors (Lipinski definition) is 3. The van der Waals surface area contributed by atoms with Crippen molar-refractivity contribution in [2.24, 2.45) is 17.3 Å². The third-order valence-corrected chi connectivity index (χ3v) is 5.66. The van der Waals surface area contributed by atoms with Crippen LogP contribution in [0.15, 0.2) is 0 Å². The first kappa shape index (κ1) is 15.9. The van der Waals surface area contributed by atoms with Crippen LogP contribution in [0.1, 0.15) is 40.5 Å². The van der Waals surface area contributed by atoms with Gasteiger partial charge in [0.05, 0.1) is 5.75 Å². The Kier molecular flexibility index (Phi) is 5.62. The van der Waals surface area contributed by atoms with E-state index < -0.39 is 10.0 Å². The monoisotopic (exact) mass is 276 g/mol. The molecule has 1 aliphatic rings. The van der Waals surface area contributed by atoms with Gasteiger partial charge in [-0.2, -0.15) is 0 Å². The number of nitrogens with one attached hydrogen (secondary N) is 2. The van der Waals surface area contributed by atoms with Crippen LogP contribution < -0.4 is 10.0 Å². The Hall–Kier alpha value is -0.130. The standard InChI is InChI=1S/C13H28N2O2S/c1-11(2)13(3,4)10-15-18(16,17)9-12-6-5-7-14-8-12/h11-12,14-15H,5-10H2,1-4H3. The molecule has 0 aromatic carbocycles. The molecule has 0 bridgehead atoms. The highest BCUT2D eigenvalue weighted by atomic mass is 32.2. The Morgan fingerprint density at radius 1 is 1.39 bits per heavy atom. The SMILES string of the molecule is CC(C)C(C)(C)CNS(=O)(=O)CC1CCCNC1. The molecule has 1 rings (SSSR count). The third-order valence-electron chi connectivity index (χ3n) is 4.16. The van der Waals surface area contributed by atoms with Crippen LogP contribution in [0.3, 0.4) is 0 Å². The fourth-order valence-electron chi connectivity index (χ4n) is 1.94. The fourth-order valence-corrected chi connectivity index (χ4v) is 3.55. The van der Waals surface area contributed by atoms with Crippen LogP contribution in [0.2, 0.25) is 0 Å². The normalized spacial score (nSPS) is 22.4. The molecule has 0 aromatic rings. The number of hydrogen-bond donors (Lipinski definition) is 2. The van der Waals surface area contributed by atoms with Crippen molar-refractivity contribution in [1.82, 2.24) is 10.0 Å². The van der Waals surface area contributed by atoms with Crippen molar-refractivity contribution in [3.63, 3.8) is 0 Å². The molecule has 0 aliphatic carbocycles. The van der Waals surface area contributed by atoms with Gasteiger partial charge in [0, 0.05) is 6.54 Å². The first-order valence-electron chi connectivity index (χ1n) is 6.91. The maximum absolute atomic E-state index is 12.0. The van der Waals surface area contributed by atoms with Crippen molar-refractivity contribution in [2.75, 3.05) is 25.4 Å². The highest BCUT2D eigenvalue weighted by molar-refractivity contribution is 7.89. The molecule has 18 heavy (non-hydrogen) atoms. The molecule has 1 fully saturated rings. The Morgan fingerprint density at radius 3 is 2.56 bits per heavy atom. The second-order valence-electron chi connectivity index (χ2n) is 6.46. The van der Waals surface area contributed by atoms with E-state index in [1.165, 1.54) is 0 Å². The summed E-state index contributed by atoms with van der Waals surface area (Å²) in [5.74, 6) is 0.976. The molecular formula is C13H28N2O2S. The maximum atomic E-state index is 12.0. The van der Waals surface area contributed by atoms with E-state index in [1.54, 1.807) is 0 Å². The molecule has 2 N–H and O–H groups in total. The minimum Gasteiger partial charge on any atom is -0.316 e. The van der Waals surface area contributed by atoms with Gasteiger partial charge < -0.3 is 5.32 Å². The maximum Gasteiger partial charge on any atom is 0.211 e. The number of sulfonamides is 1. The van der Waals surface area contributed by atoms with E-state index in [9.17, 15) is 8.42 Å². The van der Waals surface area contributed by atoms with Gasteiger partial charge in [-0.3, -0.25) is 0 Å². The summed E-state index contributed by atoms with van der Waals surface area (Å²) >= 11 is 0. The van der Waals surface area contributed by atoms with Gasteiger partial charge in [0.2, 0.25) is 10.0 Å². The number of piperidine rings is 1. The lowest BCUT2D eigenvalue weighted by atomic mass is 9.81. The van der Waals surface area contributed by atoms with Gasteiger partial charge >= 0.3 is 0 Å². The smallest absolute Gasteiger partial charge is 0.211 e.